The maximum atomic E-state index is 12.7. The third-order valence-corrected chi connectivity index (χ3v) is 9.30. The number of unbranched alkanes of at least 4 members (excludes halogenated alkanes) is 20. The van der Waals surface area contributed by atoms with Crippen molar-refractivity contribution in [3.8, 4) is 0 Å². The van der Waals surface area contributed by atoms with Crippen LogP contribution in [-0.4, -0.2) is 55.3 Å². The molecule has 0 aliphatic heterocycles. The van der Waals surface area contributed by atoms with Crippen LogP contribution in [-0.2, 0) is 19.1 Å². The minimum atomic E-state index is -0.369. The third kappa shape index (κ3) is 24.4. The van der Waals surface area contributed by atoms with Crippen LogP contribution in [0.3, 0.4) is 0 Å². The standard InChI is InChI=1S/C37H74NO4/c1-6-11-13-15-17-19-21-23-25-27-29-31-36(39)41-34-35(33-38(8-3,9-4)10-5)42-37(40)32-30-28-26-24-22-20-18-16-14-12-7-2/h35H,6-34H2,1-5H3/q+1. The van der Waals surface area contributed by atoms with Crippen molar-refractivity contribution < 1.29 is 23.5 Å². The second-order valence-electron chi connectivity index (χ2n) is 12.8. The Hall–Kier alpha value is -1.10. The molecule has 0 rings (SSSR count). The predicted molar refractivity (Wildman–Crippen MR) is 180 cm³/mol. The van der Waals surface area contributed by atoms with Gasteiger partial charge in [0.05, 0.1) is 19.6 Å². The lowest BCUT2D eigenvalue weighted by molar-refractivity contribution is -0.925. The first-order valence-electron chi connectivity index (χ1n) is 18.7. The maximum absolute atomic E-state index is 12.7. The van der Waals surface area contributed by atoms with Crippen LogP contribution >= 0.6 is 0 Å². The molecule has 0 aliphatic carbocycles. The fourth-order valence-electron chi connectivity index (χ4n) is 5.98. The molecule has 0 radical (unpaired) electrons. The fraction of sp³-hybridized carbons (Fsp3) is 0.946. The van der Waals surface area contributed by atoms with Gasteiger partial charge in [-0.3, -0.25) is 9.59 Å². The van der Waals surface area contributed by atoms with Gasteiger partial charge in [-0.2, -0.15) is 0 Å². The molecule has 5 nitrogen and oxygen atoms in total. The lowest BCUT2D eigenvalue weighted by atomic mass is 10.1. The minimum Gasteiger partial charge on any atom is -0.461 e. The van der Waals surface area contributed by atoms with Crippen LogP contribution in [0.25, 0.3) is 0 Å². The number of rotatable bonds is 32. The van der Waals surface area contributed by atoms with Gasteiger partial charge >= 0.3 is 11.9 Å². The molecule has 5 heteroatoms. The van der Waals surface area contributed by atoms with E-state index in [4.69, 9.17) is 9.47 Å². The van der Waals surface area contributed by atoms with Crippen molar-refractivity contribution in [2.45, 2.75) is 195 Å². The van der Waals surface area contributed by atoms with Crippen LogP contribution in [0.1, 0.15) is 189 Å². The van der Waals surface area contributed by atoms with E-state index in [1.54, 1.807) is 0 Å². The highest BCUT2D eigenvalue weighted by molar-refractivity contribution is 5.70. The number of quaternary nitrogens is 1. The average Bonchev–Trinajstić information content (AvgIpc) is 3.00. The molecule has 0 heterocycles. The van der Waals surface area contributed by atoms with Gasteiger partial charge in [0.1, 0.15) is 13.2 Å². The number of carbonyl (C=O) groups excluding carboxylic acids is 2. The number of likely N-dealkylation sites (N-methyl/N-ethyl adjacent to an activating group) is 1. The van der Waals surface area contributed by atoms with Gasteiger partial charge in [0.2, 0.25) is 0 Å². The summed E-state index contributed by atoms with van der Waals surface area (Å²) < 4.78 is 12.5. The molecule has 0 aromatic carbocycles. The van der Waals surface area contributed by atoms with E-state index >= 15 is 0 Å². The van der Waals surface area contributed by atoms with Crippen LogP contribution in [0, 0.1) is 0 Å². The van der Waals surface area contributed by atoms with Gasteiger partial charge in [-0.15, -0.1) is 0 Å². The lowest BCUT2D eigenvalue weighted by Gasteiger charge is -2.38. The summed E-state index contributed by atoms with van der Waals surface area (Å²) in [6.45, 7) is 14.9. The molecular weight excluding hydrogens is 522 g/mol. The minimum absolute atomic E-state index is 0.140. The molecule has 0 fully saturated rings. The van der Waals surface area contributed by atoms with Crippen molar-refractivity contribution in [3.05, 3.63) is 0 Å². The Morgan fingerprint density at radius 1 is 0.476 bits per heavy atom. The molecule has 0 saturated heterocycles. The molecule has 0 amide bonds. The number of carbonyl (C=O) groups is 2. The van der Waals surface area contributed by atoms with E-state index in [0.717, 1.165) is 49.8 Å². The molecule has 0 N–H and O–H groups in total. The van der Waals surface area contributed by atoms with Gasteiger partial charge in [-0.05, 0) is 33.6 Å². The van der Waals surface area contributed by atoms with Crippen molar-refractivity contribution in [2.24, 2.45) is 0 Å². The van der Waals surface area contributed by atoms with E-state index in [0.29, 0.717) is 19.4 Å². The smallest absolute Gasteiger partial charge is 0.306 e. The van der Waals surface area contributed by atoms with Gasteiger partial charge in [-0.25, -0.2) is 0 Å². The maximum Gasteiger partial charge on any atom is 0.306 e. The van der Waals surface area contributed by atoms with Gasteiger partial charge in [0.25, 0.3) is 0 Å². The number of esters is 2. The van der Waals surface area contributed by atoms with Crippen LogP contribution < -0.4 is 0 Å². The molecule has 0 saturated carbocycles. The molecule has 0 aromatic rings. The topological polar surface area (TPSA) is 52.6 Å². The normalized spacial score (nSPS) is 12.4. The summed E-state index contributed by atoms with van der Waals surface area (Å²) in [6.07, 6.45) is 28.4. The molecule has 0 bridgehead atoms. The van der Waals surface area contributed by atoms with E-state index in [2.05, 4.69) is 34.6 Å². The molecule has 0 aliphatic rings. The highest BCUT2D eigenvalue weighted by Crippen LogP contribution is 2.16. The van der Waals surface area contributed by atoms with Crippen LogP contribution in [0.2, 0.25) is 0 Å². The summed E-state index contributed by atoms with van der Waals surface area (Å²) in [4.78, 5) is 25.2. The van der Waals surface area contributed by atoms with Crippen molar-refractivity contribution in [1.29, 1.82) is 0 Å². The fourth-order valence-corrected chi connectivity index (χ4v) is 5.98. The van der Waals surface area contributed by atoms with Crippen LogP contribution in [0.5, 0.6) is 0 Å². The highest BCUT2D eigenvalue weighted by Gasteiger charge is 2.29. The van der Waals surface area contributed by atoms with Gasteiger partial charge in [0, 0.05) is 12.8 Å². The molecule has 0 aromatic heterocycles. The third-order valence-electron chi connectivity index (χ3n) is 9.30. The first-order valence-corrected chi connectivity index (χ1v) is 18.7. The second-order valence-corrected chi connectivity index (χ2v) is 12.8. The average molecular weight is 597 g/mol. The van der Waals surface area contributed by atoms with Gasteiger partial charge < -0.3 is 14.0 Å². The van der Waals surface area contributed by atoms with E-state index in [1.807, 2.05) is 0 Å². The zero-order valence-electron chi connectivity index (χ0n) is 29.2. The molecule has 1 atom stereocenters. The summed E-state index contributed by atoms with van der Waals surface area (Å²) >= 11 is 0. The second kappa shape index (κ2) is 29.9. The predicted octanol–water partition coefficient (Wildman–Crippen LogP) is 10.7. The lowest BCUT2D eigenvalue weighted by Crippen LogP contribution is -2.53. The van der Waals surface area contributed by atoms with Crippen molar-refractivity contribution in [1.82, 2.24) is 0 Å². The summed E-state index contributed by atoms with van der Waals surface area (Å²) in [6, 6.07) is 0. The Morgan fingerprint density at radius 3 is 1.17 bits per heavy atom. The Labute approximate surface area is 262 Å². The molecule has 42 heavy (non-hydrogen) atoms. The summed E-state index contributed by atoms with van der Waals surface area (Å²) in [5.41, 5.74) is 0. The van der Waals surface area contributed by atoms with Crippen LogP contribution in [0.4, 0.5) is 0 Å². The Balaban J connectivity index is 4.27. The summed E-state index contributed by atoms with van der Waals surface area (Å²) in [5, 5.41) is 0. The SMILES string of the molecule is CCCCCCCCCCCCCC(=O)OCC(C[N+](CC)(CC)CC)OC(=O)CCCCCCCCCCCCC. The van der Waals surface area contributed by atoms with E-state index in [1.165, 1.54) is 116 Å². The largest absolute Gasteiger partial charge is 0.461 e. The molecular formula is C37H74NO4+. The zero-order chi connectivity index (χ0) is 31.2. The van der Waals surface area contributed by atoms with E-state index in [-0.39, 0.29) is 24.6 Å². The number of hydrogen-bond donors (Lipinski definition) is 0. The van der Waals surface area contributed by atoms with Crippen molar-refractivity contribution in [3.63, 3.8) is 0 Å². The molecule has 1 unspecified atom stereocenters. The van der Waals surface area contributed by atoms with Crippen LogP contribution in [0.15, 0.2) is 0 Å². The molecule has 250 valence electrons. The van der Waals surface area contributed by atoms with Gasteiger partial charge in [-0.1, -0.05) is 142 Å². The Bertz CT molecular complexity index is 596. The van der Waals surface area contributed by atoms with E-state index in [9.17, 15) is 9.59 Å². The van der Waals surface area contributed by atoms with Crippen molar-refractivity contribution >= 4 is 11.9 Å². The highest BCUT2D eigenvalue weighted by atomic mass is 16.6. The van der Waals surface area contributed by atoms with Crippen molar-refractivity contribution in [2.75, 3.05) is 32.8 Å². The number of nitrogens with zero attached hydrogens (tertiary/aromatic N) is 1. The first kappa shape index (κ1) is 40.9. The number of ether oxygens (including phenoxy) is 2. The number of hydrogen-bond acceptors (Lipinski definition) is 4. The van der Waals surface area contributed by atoms with E-state index < -0.39 is 0 Å². The monoisotopic (exact) mass is 597 g/mol. The quantitative estimate of drug-likeness (QED) is 0.0440. The summed E-state index contributed by atoms with van der Waals surface area (Å²) in [5.74, 6) is -0.293. The van der Waals surface area contributed by atoms with Gasteiger partial charge in [0.15, 0.2) is 6.10 Å². The first-order chi connectivity index (χ1) is 20.5. The Morgan fingerprint density at radius 2 is 0.810 bits per heavy atom. The Kier molecular flexibility index (Phi) is 29.2. The summed E-state index contributed by atoms with van der Waals surface area (Å²) in [7, 11) is 0. The zero-order valence-corrected chi connectivity index (χ0v) is 29.2. The molecule has 0 spiro atoms.